The molecule has 0 aliphatic carbocycles. The average molecular weight is 596 g/mol. The van der Waals surface area contributed by atoms with Crippen molar-refractivity contribution in [3.8, 4) is 5.75 Å². The average Bonchev–Trinajstić information content (AvgIpc) is 3.14. The van der Waals surface area contributed by atoms with Crippen molar-refractivity contribution in [1.29, 1.82) is 0 Å². The number of carbonyl (C=O) groups is 3. The first-order chi connectivity index (χ1) is 18.1. The van der Waals surface area contributed by atoms with Crippen molar-refractivity contribution in [3.63, 3.8) is 0 Å². The molecule has 0 radical (unpaired) electrons. The molecule has 4 rings (SSSR count). The number of nitrogens with one attached hydrogen (secondary N) is 1. The summed E-state index contributed by atoms with van der Waals surface area (Å²) in [5.74, 6) is -0.268. The molecule has 0 bridgehead atoms. The van der Waals surface area contributed by atoms with E-state index in [2.05, 4.69) is 21.2 Å². The Bertz CT molecular complexity index is 1450. The number of hydrogen-bond acceptors (Lipinski definition) is 7. The SMILES string of the molecule is Cc1cc(Br)c(NC(=O)COc2ccc(/C=C3/SC(=O)N(Cc4ccc([N+](=O)[O-])cc4)C3=O)cc2)cc1C. The summed E-state index contributed by atoms with van der Waals surface area (Å²) in [4.78, 5) is 49.2. The molecule has 1 N–H and O–H groups in total. The Morgan fingerprint density at radius 1 is 1.08 bits per heavy atom. The second kappa shape index (κ2) is 11.6. The maximum Gasteiger partial charge on any atom is 0.293 e. The predicted octanol–water partition coefficient (Wildman–Crippen LogP) is 6.23. The zero-order valence-corrected chi connectivity index (χ0v) is 22.8. The highest BCUT2D eigenvalue weighted by atomic mass is 79.9. The van der Waals surface area contributed by atoms with E-state index in [0.717, 1.165) is 32.3 Å². The van der Waals surface area contributed by atoms with Gasteiger partial charge in [0, 0.05) is 16.6 Å². The number of amides is 3. The number of aryl methyl sites for hydroxylation is 2. The summed E-state index contributed by atoms with van der Waals surface area (Å²) in [6.07, 6.45) is 1.61. The van der Waals surface area contributed by atoms with Gasteiger partial charge in [-0.2, -0.15) is 0 Å². The zero-order valence-electron chi connectivity index (χ0n) is 20.4. The summed E-state index contributed by atoms with van der Waals surface area (Å²) < 4.78 is 6.37. The van der Waals surface area contributed by atoms with Gasteiger partial charge < -0.3 is 10.1 Å². The number of nitro groups is 1. The van der Waals surface area contributed by atoms with Crippen molar-refractivity contribution in [3.05, 3.63) is 102 Å². The van der Waals surface area contributed by atoms with Crippen LogP contribution >= 0.6 is 27.7 Å². The molecule has 1 aliphatic heterocycles. The third kappa shape index (κ3) is 6.48. The smallest absolute Gasteiger partial charge is 0.293 e. The van der Waals surface area contributed by atoms with Crippen LogP contribution in [0.3, 0.4) is 0 Å². The lowest BCUT2D eigenvalue weighted by Crippen LogP contribution is -2.27. The van der Waals surface area contributed by atoms with Crippen molar-refractivity contribution in [2.24, 2.45) is 0 Å². The molecule has 0 atom stereocenters. The van der Waals surface area contributed by atoms with Gasteiger partial charge in [-0.05, 0) is 94.1 Å². The Hall–Kier alpha value is -3.96. The number of hydrogen-bond donors (Lipinski definition) is 1. The lowest BCUT2D eigenvalue weighted by Gasteiger charge is -2.12. The van der Waals surface area contributed by atoms with Crippen molar-refractivity contribution in [1.82, 2.24) is 4.90 Å². The number of ether oxygens (including phenoxy) is 1. The minimum atomic E-state index is -0.511. The van der Waals surface area contributed by atoms with Crippen LogP contribution in [0.1, 0.15) is 22.3 Å². The molecule has 3 aromatic rings. The van der Waals surface area contributed by atoms with Gasteiger partial charge in [0.2, 0.25) is 0 Å². The zero-order chi connectivity index (χ0) is 27.4. The molecule has 1 saturated heterocycles. The second-order valence-electron chi connectivity index (χ2n) is 8.51. The Balaban J connectivity index is 1.34. The van der Waals surface area contributed by atoms with E-state index >= 15 is 0 Å². The normalized spacial score (nSPS) is 14.2. The second-order valence-corrected chi connectivity index (χ2v) is 10.4. The van der Waals surface area contributed by atoms with Gasteiger partial charge in [-0.15, -0.1) is 0 Å². The lowest BCUT2D eigenvalue weighted by molar-refractivity contribution is -0.384. The van der Waals surface area contributed by atoms with Gasteiger partial charge in [0.15, 0.2) is 6.61 Å². The number of anilines is 1. The first kappa shape index (κ1) is 27.1. The van der Waals surface area contributed by atoms with Crippen molar-refractivity contribution in [2.75, 3.05) is 11.9 Å². The Morgan fingerprint density at radius 2 is 1.74 bits per heavy atom. The van der Waals surface area contributed by atoms with E-state index in [1.54, 1.807) is 30.3 Å². The van der Waals surface area contributed by atoms with Crippen molar-refractivity contribution >= 4 is 62.2 Å². The van der Waals surface area contributed by atoms with E-state index in [9.17, 15) is 24.5 Å². The largest absolute Gasteiger partial charge is 0.484 e. The highest BCUT2D eigenvalue weighted by Gasteiger charge is 2.35. The molecule has 9 nitrogen and oxygen atoms in total. The molecule has 3 amide bonds. The fourth-order valence-electron chi connectivity index (χ4n) is 3.57. The summed E-state index contributed by atoms with van der Waals surface area (Å²) in [5, 5.41) is 13.2. The monoisotopic (exact) mass is 595 g/mol. The number of carbonyl (C=O) groups excluding carboxylic acids is 3. The molecule has 0 unspecified atom stereocenters. The van der Waals surface area contributed by atoms with Gasteiger partial charge >= 0.3 is 0 Å². The maximum absolute atomic E-state index is 12.8. The first-order valence-electron chi connectivity index (χ1n) is 11.4. The Kier molecular flexibility index (Phi) is 8.28. The molecule has 1 heterocycles. The number of benzene rings is 3. The summed E-state index contributed by atoms with van der Waals surface area (Å²) in [5.41, 5.74) is 4.06. The van der Waals surface area contributed by atoms with E-state index in [4.69, 9.17) is 4.74 Å². The van der Waals surface area contributed by atoms with Gasteiger partial charge in [0.1, 0.15) is 5.75 Å². The maximum atomic E-state index is 12.8. The quantitative estimate of drug-likeness (QED) is 0.186. The van der Waals surface area contributed by atoms with Crippen LogP contribution in [0.25, 0.3) is 6.08 Å². The summed E-state index contributed by atoms with van der Waals surface area (Å²) >= 11 is 4.28. The minimum Gasteiger partial charge on any atom is -0.484 e. The fraction of sp³-hybridized carbons (Fsp3) is 0.148. The molecule has 1 aliphatic rings. The predicted molar refractivity (Wildman–Crippen MR) is 149 cm³/mol. The van der Waals surface area contributed by atoms with Crippen LogP contribution in [-0.4, -0.2) is 33.5 Å². The fourth-order valence-corrected chi connectivity index (χ4v) is 4.96. The van der Waals surface area contributed by atoms with Gasteiger partial charge in [0.05, 0.1) is 22.1 Å². The van der Waals surface area contributed by atoms with E-state index < -0.39 is 16.1 Å². The van der Waals surface area contributed by atoms with Gasteiger partial charge in [-0.3, -0.25) is 29.4 Å². The van der Waals surface area contributed by atoms with E-state index in [-0.39, 0.29) is 29.7 Å². The van der Waals surface area contributed by atoms with Gasteiger partial charge in [0.25, 0.3) is 22.7 Å². The van der Waals surface area contributed by atoms with E-state index in [0.29, 0.717) is 22.6 Å². The summed E-state index contributed by atoms with van der Waals surface area (Å²) in [6, 6.07) is 16.3. The molecule has 0 aromatic heterocycles. The van der Waals surface area contributed by atoms with Crippen molar-refractivity contribution in [2.45, 2.75) is 20.4 Å². The Labute approximate surface area is 231 Å². The molecule has 3 aromatic carbocycles. The number of nitro benzene ring substituents is 1. The number of halogens is 1. The third-order valence-corrected chi connectivity index (χ3v) is 7.33. The van der Waals surface area contributed by atoms with Crippen molar-refractivity contribution < 1.29 is 24.0 Å². The van der Waals surface area contributed by atoms with Crippen LogP contribution in [0.2, 0.25) is 0 Å². The number of nitrogens with zero attached hydrogens (tertiary/aromatic N) is 2. The minimum absolute atomic E-state index is 0.0214. The van der Waals surface area contributed by atoms with Gasteiger partial charge in [-0.1, -0.05) is 24.3 Å². The first-order valence-corrected chi connectivity index (χ1v) is 13.0. The molecule has 0 spiro atoms. The molecular weight excluding hydrogens is 574 g/mol. The number of non-ortho nitro benzene ring substituents is 1. The van der Waals surface area contributed by atoms with Crippen LogP contribution in [0, 0.1) is 24.0 Å². The van der Waals surface area contributed by atoms with E-state index in [1.165, 1.54) is 24.3 Å². The van der Waals surface area contributed by atoms with Crippen LogP contribution in [0.15, 0.2) is 70.0 Å². The highest BCUT2D eigenvalue weighted by Crippen LogP contribution is 2.33. The van der Waals surface area contributed by atoms with Gasteiger partial charge in [-0.25, -0.2) is 0 Å². The summed E-state index contributed by atoms with van der Waals surface area (Å²) in [7, 11) is 0. The van der Waals surface area contributed by atoms with Crippen LogP contribution in [0.4, 0.5) is 16.2 Å². The molecule has 38 heavy (non-hydrogen) atoms. The molecule has 0 saturated carbocycles. The van der Waals surface area contributed by atoms with Crippen LogP contribution < -0.4 is 10.1 Å². The molecule has 1 fully saturated rings. The summed E-state index contributed by atoms with van der Waals surface area (Å²) in [6.45, 7) is 3.80. The molecule has 194 valence electrons. The standard InChI is InChI=1S/C27H22BrN3O6S/c1-16-11-22(28)23(12-17(16)2)29-25(32)15-37-21-9-5-18(6-10-21)13-24-26(33)30(27(34)38-24)14-19-3-7-20(8-4-19)31(35)36/h3-13H,14-15H2,1-2H3,(H,29,32)/b24-13+. The Morgan fingerprint density at radius 3 is 2.39 bits per heavy atom. The van der Waals surface area contributed by atoms with Crippen LogP contribution in [0.5, 0.6) is 5.75 Å². The number of thioether (sulfide) groups is 1. The number of rotatable bonds is 8. The number of imide groups is 1. The molecular formula is C27H22BrN3O6S. The third-order valence-electron chi connectivity index (χ3n) is 5.77. The van der Waals surface area contributed by atoms with E-state index in [1.807, 2.05) is 26.0 Å². The molecule has 11 heteroatoms. The highest BCUT2D eigenvalue weighted by molar-refractivity contribution is 9.10. The topological polar surface area (TPSA) is 119 Å². The van der Waals surface area contributed by atoms with Crippen LogP contribution in [-0.2, 0) is 16.1 Å². The lowest BCUT2D eigenvalue weighted by atomic mass is 10.1.